The van der Waals surface area contributed by atoms with Crippen molar-refractivity contribution in [1.29, 1.82) is 0 Å². The molecule has 1 saturated carbocycles. The number of methoxy groups -OCH3 is 1. The Labute approximate surface area is 106 Å². The van der Waals surface area contributed by atoms with Crippen molar-refractivity contribution in [3.8, 4) is 0 Å². The molecule has 1 fully saturated rings. The molecular formula is C14H27NO2. The van der Waals surface area contributed by atoms with Gasteiger partial charge in [0.25, 0.3) is 0 Å². The Morgan fingerprint density at radius 3 is 2.41 bits per heavy atom. The van der Waals surface area contributed by atoms with Gasteiger partial charge in [0.2, 0.25) is 0 Å². The maximum atomic E-state index is 11.4. The maximum Gasteiger partial charge on any atom is 0.309 e. The van der Waals surface area contributed by atoms with E-state index in [4.69, 9.17) is 4.74 Å². The van der Waals surface area contributed by atoms with Gasteiger partial charge in [0.15, 0.2) is 0 Å². The third-order valence-electron chi connectivity index (χ3n) is 4.10. The van der Waals surface area contributed by atoms with Crippen LogP contribution in [0.4, 0.5) is 0 Å². The zero-order chi connectivity index (χ0) is 13.1. The summed E-state index contributed by atoms with van der Waals surface area (Å²) in [6.45, 7) is 7.44. The number of esters is 1. The molecule has 3 nitrogen and oxygen atoms in total. The second kappa shape index (κ2) is 5.85. The Kier molecular flexibility index (Phi) is 4.99. The van der Waals surface area contributed by atoms with Crippen LogP contribution < -0.4 is 0 Å². The first-order valence-electron chi connectivity index (χ1n) is 6.64. The fourth-order valence-corrected chi connectivity index (χ4v) is 2.68. The standard InChI is InChI=1S/C14H27NO2/c1-11(13(16)17-5)10-15(4)12-6-8-14(2,3)9-7-12/h11-12H,6-10H2,1-5H3. The summed E-state index contributed by atoms with van der Waals surface area (Å²) in [6.07, 6.45) is 5.07. The highest BCUT2D eigenvalue weighted by Gasteiger charge is 2.29. The van der Waals surface area contributed by atoms with Gasteiger partial charge in [-0.25, -0.2) is 0 Å². The third kappa shape index (κ3) is 4.30. The summed E-state index contributed by atoms with van der Waals surface area (Å²) in [5.74, 6) is -0.132. The molecule has 0 aromatic carbocycles. The fourth-order valence-electron chi connectivity index (χ4n) is 2.68. The molecule has 0 aromatic rings. The molecule has 0 bridgehead atoms. The summed E-state index contributed by atoms with van der Waals surface area (Å²) < 4.78 is 4.77. The van der Waals surface area contributed by atoms with E-state index in [1.54, 1.807) is 0 Å². The summed E-state index contributed by atoms with van der Waals surface area (Å²) in [7, 11) is 3.59. The van der Waals surface area contributed by atoms with Crippen LogP contribution in [0, 0.1) is 11.3 Å². The third-order valence-corrected chi connectivity index (χ3v) is 4.10. The van der Waals surface area contributed by atoms with Crippen LogP contribution in [0.2, 0.25) is 0 Å². The zero-order valence-corrected chi connectivity index (χ0v) is 12.0. The maximum absolute atomic E-state index is 11.4. The molecule has 0 amide bonds. The highest BCUT2D eigenvalue weighted by molar-refractivity contribution is 5.72. The Hall–Kier alpha value is -0.570. The number of hydrogen-bond donors (Lipinski definition) is 0. The van der Waals surface area contributed by atoms with Crippen molar-refractivity contribution < 1.29 is 9.53 Å². The molecule has 0 heterocycles. The van der Waals surface area contributed by atoms with E-state index in [1.807, 2.05) is 6.92 Å². The van der Waals surface area contributed by atoms with Gasteiger partial charge in [-0.3, -0.25) is 4.79 Å². The Morgan fingerprint density at radius 1 is 1.41 bits per heavy atom. The second-order valence-corrected chi connectivity index (χ2v) is 6.26. The normalized spacial score (nSPS) is 22.5. The smallest absolute Gasteiger partial charge is 0.309 e. The number of carbonyl (C=O) groups excluding carboxylic acids is 1. The minimum absolute atomic E-state index is 0.0278. The molecule has 0 radical (unpaired) electrons. The highest BCUT2D eigenvalue weighted by atomic mass is 16.5. The van der Waals surface area contributed by atoms with E-state index in [0.717, 1.165) is 6.54 Å². The average Bonchev–Trinajstić information content (AvgIpc) is 2.27. The van der Waals surface area contributed by atoms with Crippen LogP contribution >= 0.6 is 0 Å². The van der Waals surface area contributed by atoms with Crippen molar-refractivity contribution in [2.24, 2.45) is 11.3 Å². The highest BCUT2D eigenvalue weighted by Crippen LogP contribution is 2.36. The SMILES string of the molecule is COC(=O)C(C)CN(C)C1CCC(C)(C)CC1. The van der Waals surface area contributed by atoms with Crippen LogP contribution in [0.5, 0.6) is 0 Å². The van der Waals surface area contributed by atoms with Crippen LogP contribution in [-0.4, -0.2) is 37.6 Å². The van der Waals surface area contributed by atoms with Crippen molar-refractivity contribution >= 4 is 5.97 Å². The van der Waals surface area contributed by atoms with Gasteiger partial charge in [-0.05, 0) is 38.1 Å². The molecule has 1 rings (SSSR count). The van der Waals surface area contributed by atoms with Crippen molar-refractivity contribution in [3.05, 3.63) is 0 Å². The van der Waals surface area contributed by atoms with Gasteiger partial charge in [-0.15, -0.1) is 0 Å². The second-order valence-electron chi connectivity index (χ2n) is 6.26. The molecular weight excluding hydrogens is 214 g/mol. The Bertz CT molecular complexity index is 253. The van der Waals surface area contributed by atoms with Gasteiger partial charge in [0, 0.05) is 12.6 Å². The summed E-state index contributed by atoms with van der Waals surface area (Å²) in [5, 5.41) is 0. The predicted octanol–water partition coefficient (Wildman–Crippen LogP) is 2.70. The molecule has 0 spiro atoms. The minimum Gasteiger partial charge on any atom is -0.469 e. The first-order chi connectivity index (χ1) is 7.85. The van der Waals surface area contributed by atoms with Crippen LogP contribution in [0.25, 0.3) is 0 Å². The van der Waals surface area contributed by atoms with E-state index in [-0.39, 0.29) is 11.9 Å². The Morgan fingerprint density at radius 2 is 1.94 bits per heavy atom. The van der Waals surface area contributed by atoms with Gasteiger partial charge in [-0.1, -0.05) is 20.8 Å². The Balaban J connectivity index is 2.39. The molecule has 1 atom stereocenters. The fraction of sp³-hybridized carbons (Fsp3) is 0.929. The van der Waals surface area contributed by atoms with Gasteiger partial charge in [0.1, 0.15) is 0 Å². The summed E-state index contributed by atoms with van der Waals surface area (Å²) in [6, 6.07) is 0.634. The van der Waals surface area contributed by atoms with Crippen LogP contribution in [0.15, 0.2) is 0 Å². The van der Waals surface area contributed by atoms with E-state index < -0.39 is 0 Å². The number of hydrogen-bond acceptors (Lipinski definition) is 3. The number of carbonyl (C=O) groups is 1. The van der Waals surface area contributed by atoms with E-state index in [9.17, 15) is 4.79 Å². The minimum atomic E-state index is -0.104. The van der Waals surface area contributed by atoms with E-state index in [1.165, 1.54) is 32.8 Å². The number of nitrogens with zero attached hydrogens (tertiary/aromatic N) is 1. The summed E-state index contributed by atoms with van der Waals surface area (Å²) in [4.78, 5) is 13.7. The van der Waals surface area contributed by atoms with Gasteiger partial charge >= 0.3 is 5.97 Å². The first-order valence-corrected chi connectivity index (χ1v) is 6.64. The monoisotopic (exact) mass is 241 g/mol. The molecule has 1 aliphatic rings. The molecule has 17 heavy (non-hydrogen) atoms. The van der Waals surface area contributed by atoms with Crippen LogP contribution in [-0.2, 0) is 9.53 Å². The molecule has 0 saturated heterocycles. The van der Waals surface area contributed by atoms with E-state index >= 15 is 0 Å². The molecule has 1 unspecified atom stereocenters. The van der Waals surface area contributed by atoms with Crippen LogP contribution in [0.3, 0.4) is 0 Å². The molecule has 0 aliphatic heterocycles. The van der Waals surface area contributed by atoms with Crippen LogP contribution in [0.1, 0.15) is 46.5 Å². The van der Waals surface area contributed by atoms with E-state index in [2.05, 4.69) is 25.8 Å². The molecule has 0 N–H and O–H groups in total. The number of rotatable bonds is 4. The van der Waals surface area contributed by atoms with Crippen molar-refractivity contribution in [2.75, 3.05) is 20.7 Å². The predicted molar refractivity (Wildman–Crippen MR) is 69.8 cm³/mol. The molecule has 0 aromatic heterocycles. The van der Waals surface area contributed by atoms with Gasteiger partial charge in [-0.2, -0.15) is 0 Å². The first kappa shape index (κ1) is 14.5. The van der Waals surface area contributed by atoms with E-state index in [0.29, 0.717) is 11.5 Å². The van der Waals surface area contributed by atoms with Crippen molar-refractivity contribution in [3.63, 3.8) is 0 Å². The molecule has 1 aliphatic carbocycles. The quantitative estimate of drug-likeness (QED) is 0.709. The lowest BCUT2D eigenvalue weighted by molar-refractivity contribution is -0.145. The largest absolute Gasteiger partial charge is 0.469 e. The topological polar surface area (TPSA) is 29.5 Å². The molecule has 3 heteroatoms. The molecule has 100 valence electrons. The lowest BCUT2D eigenvalue weighted by Crippen LogP contribution is -2.40. The summed E-state index contributed by atoms with van der Waals surface area (Å²) in [5.41, 5.74) is 0.505. The van der Waals surface area contributed by atoms with Crippen molar-refractivity contribution in [2.45, 2.75) is 52.5 Å². The summed E-state index contributed by atoms with van der Waals surface area (Å²) >= 11 is 0. The lowest BCUT2D eigenvalue weighted by Gasteiger charge is -2.39. The zero-order valence-electron chi connectivity index (χ0n) is 12.0. The lowest BCUT2D eigenvalue weighted by atomic mass is 9.75. The van der Waals surface area contributed by atoms with Gasteiger partial charge < -0.3 is 9.64 Å². The average molecular weight is 241 g/mol. The number of ether oxygens (including phenoxy) is 1. The van der Waals surface area contributed by atoms with Gasteiger partial charge in [0.05, 0.1) is 13.0 Å². The van der Waals surface area contributed by atoms with Crippen molar-refractivity contribution in [1.82, 2.24) is 4.90 Å².